The molecule has 1 aromatic heterocycles. The molecular weight excluding hydrogens is 478 g/mol. The van der Waals surface area contributed by atoms with Crippen molar-refractivity contribution < 1.29 is 33.6 Å². The molecule has 3 heterocycles. The second kappa shape index (κ2) is 10.3. The number of carbonyl (C=O) groups excluding carboxylic acids is 2. The Hall–Kier alpha value is -4.47. The van der Waals surface area contributed by atoms with Crippen molar-refractivity contribution in [3.63, 3.8) is 0 Å². The summed E-state index contributed by atoms with van der Waals surface area (Å²) in [6.07, 6.45) is 5.80. The van der Waals surface area contributed by atoms with Gasteiger partial charge in [0.15, 0.2) is 23.0 Å². The van der Waals surface area contributed by atoms with E-state index in [0.717, 1.165) is 0 Å². The molecule has 1 amide bonds. The van der Waals surface area contributed by atoms with Gasteiger partial charge < -0.3 is 33.5 Å². The molecule has 1 atom stereocenters. The highest BCUT2D eigenvalue weighted by Crippen LogP contribution is 2.43. The Labute approximate surface area is 213 Å². The number of carbonyl (C=O) groups is 2. The Morgan fingerprint density at radius 3 is 2.54 bits per heavy atom. The number of benzene rings is 2. The standard InChI is InChI=1S/C27H27N3O7/c1-34-19-6-4-17(14-21(19)35-2)24-23(25(31)18-5-7-20-22(15-18)37-13-12-36-20)26(32)27(33)30(24)10-3-9-29-11-8-28-16-29/h4-8,11,14-16,24,31H,3,9-10,12-13H2,1-2H3/b25-23+/t24-/m0/s1. The van der Waals surface area contributed by atoms with Gasteiger partial charge in [0, 0.05) is 31.0 Å². The van der Waals surface area contributed by atoms with E-state index < -0.39 is 17.7 Å². The Balaban J connectivity index is 1.57. The summed E-state index contributed by atoms with van der Waals surface area (Å²) in [6, 6.07) is 9.30. The Kier molecular flexibility index (Phi) is 6.72. The highest BCUT2D eigenvalue weighted by molar-refractivity contribution is 6.46. The second-order valence-electron chi connectivity index (χ2n) is 8.62. The number of hydrogen-bond donors (Lipinski definition) is 1. The summed E-state index contributed by atoms with van der Waals surface area (Å²) < 4.78 is 23.9. The van der Waals surface area contributed by atoms with Crippen LogP contribution in [0.5, 0.6) is 23.0 Å². The maximum atomic E-state index is 13.3. The minimum absolute atomic E-state index is 0.00321. The minimum Gasteiger partial charge on any atom is -0.507 e. The van der Waals surface area contributed by atoms with Crippen molar-refractivity contribution >= 4 is 17.4 Å². The van der Waals surface area contributed by atoms with Crippen molar-refractivity contribution in [1.82, 2.24) is 14.5 Å². The van der Waals surface area contributed by atoms with Crippen LogP contribution in [0.3, 0.4) is 0 Å². The molecule has 2 aromatic carbocycles. The quantitative estimate of drug-likeness (QED) is 0.282. The molecule has 0 spiro atoms. The van der Waals surface area contributed by atoms with Crippen LogP contribution in [0.1, 0.15) is 23.6 Å². The summed E-state index contributed by atoms with van der Waals surface area (Å²) in [7, 11) is 3.04. The fourth-order valence-corrected chi connectivity index (χ4v) is 4.67. The van der Waals surface area contributed by atoms with Gasteiger partial charge in [0.2, 0.25) is 0 Å². The zero-order valence-electron chi connectivity index (χ0n) is 20.5. The first-order valence-corrected chi connectivity index (χ1v) is 11.9. The number of hydrogen-bond acceptors (Lipinski definition) is 8. The zero-order chi connectivity index (χ0) is 25.9. The lowest BCUT2D eigenvalue weighted by atomic mass is 9.94. The third-order valence-corrected chi connectivity index (χ3v) is 6.45. The monoisotopic (exact) mass is 505 g/mol. The second-order valence-corrected chi connectivity index (χ2v) is 8.62. The van der Waals surface area contributed by atoms with E-state index in [0.29, 0.717) is 66.8 Å². The predicted octanol–water partition coefficient (Wildman–Crippen LogP) is 3.18. The summed E-state index contributed by atoms with van der Waals surface area (Å²) in [5.41, 5.74) is 0.959. The molecule has 10 heteroatoms. The van der Waals surface area contributed by atoms with Crippen molar-refractivity contribution in [3.8, 4) is 23.0 Å². The van der Waals surface area contributed by atoms with E-state index in [-0.39, 0.29) is 11.3 Å². The van der Waals surface area contributed by atoms with Crippen LogP contribution in [-0.4, -0.2) is 65.2 Å². The third kappa shape index (κ3) is 4.57. The lowest BCUT2D eigenvalue weighted by Gasteiger charge is -2.26. The number of likely N-dealkylation sites (tertiary alicyclic amines) is 1. The normalized spacial score (nSPS) is 18.2. The topological polar surface area (TPSA) is 112 Å². The number of ether oxygens (including phenoxy) is 4. The van der Waals surface area contributed by atoms with Crippen molar-refractivity contribution in [2.75, 3.05) is 34.0 Å². The van der Waals surface area contributed by atoms with Crippen LogP contribution >= 0.6 is 0 Å². The van der Waals surface area contributed by atoms with Crippen molar-refractivity contribution in [1.29, 1.82) is 0 Å². The Bertz CT molecular complexity index is 1350. The van der Waals surface area contributed by atoms with Gasteiger partial charge in [0.1, 0.15) is 19.0 Å². The molecule has 1 N–H and O–H groups in total. The van der Waals surface area contributed by atoms with Crippen molar-refractivity contribution in [2.24, 2.45) is 0 Å². The molecule has 1 saturated heterocycles. The fourth-order valence-electron chi connectivity index (χ4n) is 4.67. The maximum Gasteiger partial charge on any atom is 0.295 e. The molecule has 1 fully saturated rings. The molecule has 2 aliphatic heterocycles. The molecule has 192 valence electrons. The van der Waals surface area contributed by atoms with Crippen LogP contribution in [-0.2, 0) is 16.1 Å². The van der Waals surface area contributed by atoms with Gasteiger partial charge >= 0.3 is 0 Å². The number of amides is 1. The van der Waals surface area contributed by atoms with Crippen LogP contribution in [0.2, 0.25) is 0 Å². The average molecular weight is 506 g/mol. The van der Waals surface area contributed by atoms with Gasteiger partial charge in [-0.2, -0.15) is 0 Å². The molecule has 0 saturated carbocycles. The number of methoxy groups -OCH3 is 2. The van der Waals surface area contributed by atoms with Crippen LogP contribution < -0.4 is 18.9 Å². The molecule has 3 aromatic rings. The van der Waals surface area contributed by atoms with E-state index in [9.17, 15) is 14.7 Å². The summed E-state index contributed by atoms with van der Waals surface area (Å²) >= 11 is 0. The SMILES string of the molecule is COc1ccc([C@H]2/C(=C(\O)c3ccc4c(c3)OCCO4)C(=O)C(=O)N2CCCn2ccnc2)cc1OC. The summed E-state index contributed by atoms with van der Waals surface area (Å²) in [4.78, 5) is 32.1. The van der Waals surface area contributed by atoms with E-state index in [4.69, 9.17) is 18.9 Å². The number of aliphatic hydroxyl groups is 1. The first-order valence-electron chi connectivity index (χ1n) is 11.9. The van der Waals surface area contributed by atoms with Gasteiger partial charge in [0.05, 0.1) is 32.2 Å². The highest BCUT2D eigenvalue weighted by Gasteiger charge is 2.46. The Morgan fingerprint density at radius 1 is 1.03 bits per heavy atom. The van der Waals surface area contributed by atoms with E-state index in [2.05, 4.69) is 4.98 Å². The number of Topliss-reactive ketones (excluding diaryl/α,β-unsaturated/α-hetero) is 1. The first-order chi connectivity index (χ1) is 18.0. The summed E-state index contributed by atoms with van der Waals surface area (Å²) in [5, 5.41) is 11.4. The molecule has 0 aliphatic carbocycles. The summed E-state index contributed by atoms with van der Waals surface area (Å²) in [6.45, 7) is 1.72. The molecule has 0 radical (unpaired) electrons. The van der Waals surface area contributed by atoms with Crippen LogP contribution in [0.4, 0.5) is 0 Å². The number of nitrogens with zero attached hydrogens (tertiary/aromatic N) is 3. The van der Waals surface area contributed by atoms with E-state index in [1.807, 2.05) is 10.8 Å². The largest absolute Gasteiger partial charge is 0.507 e. The number of imidazole rings is 1. The van der Waals surface area contributed by atoms with Crippen molar-refractivity contribution in [3.05, 3.63) is 71.8 Å². The van der Waals surface area contributed by atoms with Crippen LogP contribution in [0.25, 0.3) is 5.76 Å². The van der Waals surface area contributed by atoms with Gasteiger partial charge in [-0.15, -0.1) is 0 Å². The fraction of sp³-hybridized carbons (Fsp3) is 0.296. The molecular formula is C27H27N3O7. The van der Waals surface area contributed by atoms with Gasteiger partial charge in [-0.05, 0) is 42.3 Å². The molecule has 2 aliphatic rings. The summed E-state index contributed by atoms with van der Waals surface area (Å²) in [5.74, 6) is 0.261. The zero-order valence-corrected chi connectivity index (χ0v) is 20.5. The van der Waals surface area contributed by atoms with Crippen molar-refractivity contribution in [2.45, 2.75) is 19.0 Å². The number of aromatic nitrogens is 2. The number of aliphatic hydroxyl groups excluding tert-OH is 1. The average Bonchev–Trinajstić information content (AvgIpc) is 3.54. The van der Waals surface area contributed by atoms with Crippen LogP contribution in [0, 0.1) is 0 Å². The molecule has 10 nitrogen and oxygen atoms in total. The van der Waals surface area contributed by atoms with Gasteiger partial charge in [-0.1, -0.05) is 6.07 Å². The van der Waals surface area contributed by atoms with Gasteiger partial charge in [-0.25, -0.2) is 4.98 Å². The molecule has 0 unspecified atom stereocenters. The maximum absolute atomic E-state index is 13.3. The third-order valence-electron chi connectivity index (χ3n) is 6.45. The Morgan fingerprint density at radius 2 is 1.81 bits per heavy atom. The lowest BCUT2D eigenvalue weighted by molar-refractivity contribution is -0.139. The number of fused-ring (bicyclic) bond motifs is 1. The predicted molar refractivity (Wildman–Crippen MR) is 133 cm³/mol. The highest BCUT2D eigenvalue weighted by atomic mass is 16.6. The van der Waals surface area contributed by atoms with Crippen LogP contribution in [0.15, 0.2) is 60.7 Å². The van der Waals surface area contributed by atoms with E-state index in [1.165, 1.54) is 19.1 Å². The molecule has 37 heavy (non-hydrogen) atoms. The number of rotatable bonds is 8. The molecule has 5 rings (SSSR count). The van der Waals surface area contributed by atoms with Gasteiger partial charge in [0.25, 0.3) is 11.7 Å². The molecule has 0 bridgehead atoms. The van der Waals surface area contributed by atoms with E-state index in [1.54, 1.807) is 48.9 Å². The number of ketones is 1. The smallest absolute Gasteiger partial charge is 0.295 e. The van der Waals surface area contributed by atoms with E-state index >= 15 is 0 Å². The number of aryl methyl sites for hydroxylation is 1. The van der Waals surface area contributed by atoms with Gasteiger partial charge in [-0.3, -0.25) is 9.59 Å². The minimum atomic E-state index is -0.823. The first kappa shape index (κ1) is 24.2. The lowest BCUT2D eigenvalue weighted by Crippen LogP contribution is -2.31.